The van der Waals surface area contributed by atoms with Crippen molar-refractivity contribution in [3.05, 3.63) is 93.2 Å². The summed E-state index contributed by atoms with van der Waals surface area (Å²) in [5.41, 5.74) is 2.91. The van der Waals surface area contributed by atoms with Gasteiger partial charge in [0.1, 0.15) is 0 Å². The summed E-state index contributed by atoms with van der Waals surface area (Å²) in [6.45, 7) is 1.89. The van der Waals surface area contributed by atoms with Crippen LogP contribution in [-0.4, -0.2) is 20.7 Å². The minimum atomic E-state index is -0.453. The predicted octanol–water partition coefficient (Wildman–Crippen LogP) is 6.46. The van der Waals surface area contributed by atoms with E-state index in [1.807, 2.05) is 43.3 Å². The van der Waals surface area contributed by atoms with Crippen LogP contribution in [0.25, 0.3) is 17.1 Å². The molecule has 1 heterocycles. The first-order chi connectivity index (χ1) is 14.4. The number of aromatic nitrogens is 3. The summed E-state index contributed by atoms with van der Waals surface area (Å²) in [7, 11) is 0. The third-order valence-corrected chi connectivity index (χ3v) is 5.57. The number of nitrogens with one attached hydrogen (secondary N) is 1. The molecule has 0 radical (unpaired) electrons. The fraction of sp³-hybridized carbons (Fsp3) is 0.0455. The van der Waals surface area contributed by atoms with Crippen molar-refractivity contribution in [3.8, 4) is 17.1 Å². The fourth-order valence-corrected chi connectivity index (χ4v) is 3.31. The van der Waals surface area contributed by atoms with Crippen molar-refractivity contribution in [2.24, 2.45) is 0 Å². The summed E-state index contributed by atoms with van der Waals surface area (Å²) in [6.07, 6.45) is 0. The third kappa shape index (κ3) is 4.19. The van der Waals surface area contributed by atoms with Crippen LogP contribution in [0, 0.1) is 6.92 Å². The Hall–Kier alpha value is -2.86. The van der Waals surface area contributed by atoms with Crippen molar-refractivity contribution in [1.82, 2.24) is 14.8 Å². The Morgan fingerprint density at radius 2 is 1.67 bits per heavy atom. The fourth-order valence-electron chi connectivity index (χ4n) is 2.84. The zero-order chi connectivity index (χ0) is 21.3. The molecule has 4 aromatic rings. The van der Waals surface area contributed by atoms with Gasteiger partial charge in [-0.25, -0.2) is 9.67 Å². The lowest BCUT2D eigenvalue weighted by molar-refractivity contribution is 0.101. The van der Waals surface area contributed by atoms with Crippen molar-refractivity contribution in [2.75, 3.05) is 5.32 Å². The van der Waals surface area contributed by atoms with Crippen LogP contribution in [0.4, 0.5) is 5.69 Å². The van der Waals surface area contributed by atoms with E-state index >= 15 is 0 Å². The topological polar surface area (TPSA) is 59.8 Å². The number of benzene rings is 3. The molecule has 0 aliphatic rings. The van der Waals surface area contributed by atoms with Gasteiger partial charge in [-0.2, -0.15) is 0 Å². The lowest BCUT2D eigenvalue weighted by atomic mass is 10.2. The van der Waals surface area contributed by atoms with E-state index in [1.165, 1.54) is 0 Å². The molecule has 1 aromatic heterocycles. The maximum Gasteiger partial charge on any atom is 0.295 e. The Labute approximate surface area is 188 Å². The van der Waals surface area contributed by atoms with Gasteiger partial charge < -0.3 is 5.32 Å². The lowest BCUT2D eigenvalue weighted by Gasteiger charge is -2.07. The largest absolute Gasteiger partial charge is 0.319 e. The van der Waals surface area contributed by atoms with E-state index in [2.05, 4.69) is 15.4 Å². The molecule has 1 N–H and O–H groups in total. The number of halogens is 3. The second-order valence-corrected chi connectivity index (χ2v) is 7.77. The van der Waals surface area contributed by atoms with E-state index in [0.717, 1.165) is 11.1 Å². The second kappa shape index (κ2) is 8.48. The minimum absolute atomic E-state index is 0.0108. The van der Waals surface area contributed by atoms with Crippen molar-refractivity contribution >= 4 is 46.4 Å². The molecule has 4 rings (SSSR count). The molecule has 0 aliphatic carbocycles. The number of amides is 1. The average molecular weight is 458 g/mol. The molecule has 0 unspecified atom stereocenters. The Morgan fingerprint density at radius 1 is 0.900 bits per heavy atom. The summed E-state index contributed by atoms with van der Waals surface area (Å²) in [5.74, 6) is 0.0589. The number of nitrogens with zero attached hydrogens (tertiary/aromatic N) is 3. The van der Waals surface area contributed by atoms with Crippen molar-refractivity contribution in [3.63, 3.8) is 0 Å². The monoisotopic (exact) mass is 456 g/mol. The van der Waals surface area contributed by atoms with E-state index in [-0.39, 0.29) is 5.82 Å². The first-order valence-electron chi connectivity index (χ1n) is 8.98. The van der Waals surface area contributed by atoms with E-state index in [9.17, 15) is 4.79 Å². The van der Waals surface area contributed by atoms with Gasteiger partial charge in [0.05, 0.1) is 15.7 Å². The lowest BCUT2D eigenvalue weighted by Crippen LogP contribution is -2.14. The quantitative estimate of drug-likeness (QED) is 0.383. The molecule has 3 aromatic carbocycles. The molecular formula is C22H15Cl3N4O. The van der Waals surface area contributed by atoms with Gasteiger partial charge in [0.15, 0.2) is 5.82 Å². The first-order valence-corrected chi connectivity index (χ1v) is 10.1. The zero-order valence-corrected chi connectivity index (χ0v) is 18.0. The van der Waals surface area contributed by atoms with Gasteiger partial charge in [0.2, 0.25) is 5.82 Å². The highest BCUT2D eigenvalue weighted by Crippen LogP contribution is 2.27. The van der Waals surface area contributed by atoms with Gasteiger partial charge in [-0.3, -0.25) is 4.79 Å². The molecule has 30 heavy (non-hydrogen) atoms. The van der Waals surface area contributed by atoms with Crippen LogP contribution in [0.2, 0.25) is 15.1 Å². The molecule has 0 spiro atoms. The SMILES string of the molecule is Cc1ccc(NC(=O)c2nc(-c3ccccc3)n(-c3ccc(Cl)c(Cl)c3)n2)cc1Cl. The Kier molecular flexibility index (Phi) is 5.77. The van der Waals surface area contributed by atoms with Crippen LogP contribution in [-0.2, 0) is 0 Å². The maximum atomic E-state index is 12.8. The van der Waals surface area contributed by atoms with Crippen LogP contribution >= 0.6 is 34.8 Å². The third-order valence-electron chi connectivity index (χ3n) is 4.42. The van der Waals surface area contributed by atoms with Gasteiger partial charge >= 0.3 is 0 Å². The summed E-state index contributed by atoms with van der Waals surface area (Å²) in [4.78, 5) is 17.3. The highest BCUT2D eigenvalue weighted by atomic mass is 35.5. The van der Waals surface area contributed by atoms with Gasteiger partial charge in [0.25, 0.3) is 5.91 Å². The highest BCUT2D eigenvalue weighted by Gasteiger charge is 2.19. The standard InChI is InChI=1S/C22H15Cl3N4O/c1-13-7-8-15(11-18(13)24)26-22(30)20-27-21(14-5-3-2-4-6-14)29(28-20)16-9-10-17(23)19(25)12-16/h2-12H,1H3,(H,26,30). The van der Waals surface area contributed by atoms with Crippen molar-refractivity contribution in [1.29, 1.82) is 0 Å². The van der Waals surface area contributed by atoms with Gasteiger partial charge in [-0.1, -0.05) is 71.2 Å². The number of hydrogen-bond acceptors (Lipinski definition) is 3. The summed E-state index contributed by atoms with van der Waals surface area (Å²) in [5, 5.41) is 8.57. The van der Waals surface area contributed by atoms with Crippen LogP contribution in [0.1, 0.15) is 16.2 Å². The van der Waals surface area contributed by atoms with Gasteiger partial charge in [0, 0.05) is 16.3 Å². The van der Waals surface area contributed by atoms with E-state index < -0.39 is 5.91 Å². The smallest absolute Gasteiger partial charge is 0.295 e. The first kappa shape index (κ1) is 20.4. The number of hydrogen-bond donors (Lipinski definition) is 1. The number of carbonyl (C=O) groups excluding carboxylic acids is 1. The molecule has 0 fully saturated rings. The number of anilines is 1. The molecule has 0 aliphatic heterocycles. The molecule has 0 saturated heterocycles. The number of rotatable bonds is 4. The van der Waals surface area contributed by atoms with Crippen LogP contribution in [0.15, 0.2) is 66.7 Å². The van der Waals surface area contributed by atoms with Crippen LogP contribution in [0.5, 0.6) is 0 Å². The van der Waals surface area contributed by atoms with Crippen molar-refractivity contribution in [2.45, 2.75) is 6.92 Å². The van der Waals surface area contributed by atoms with Crippen LogP contribution < -0.4 is 5.32 Å². The summed E-state index contributed by atoms with van der Waals surface area (Å²) in [6, 6.07) is 19.8. The Bertz CT molecular complexity index is 1240. The van der Waals surface area contributed by atoms with E-state index in [1.54, 1.807) is 35.0 Å². The van der Waals surface area contributed by atoms with Gasteiger partial charge in [-0.05, 0) is 42.8 Å². The number of carbonyl (C=O) groups is 1. The maximum absolute atomic E-state index is 12.8. The minimum Gasteiger partial charge on any atom is -0.319 e. The molecule has 5 nitrogen and oxygen atoms in total. The molecule has 0 atom stereocenters. The summed E-state index contributed by atoms with van der Waals surface area (Å²) >= 11 is 18.4. The molecule has 8 heteroatoms. The molecule has 150 valence electrons. The van der Waals surface area contributed by atoms with E-state index in [0.29, 0.717) is 32.3 Å². The van der Waals surface area contributed by atoms with Crippen molar-refractivity contribution < 1.29 is 4.79 Å². The Balaban J connectivity index is 1.75. The van der Waals surface area contributed by atoms with E-state index in [4.69, 9.17) is 34.8 Å². The normalized spacial score (nSPS) is 10.8. The number of aryl methyl sites for hydroxylation is 1. The Morgan fingerprint density at radius 3 is 2.37 bits per heavy atom. The summed E-state index contributed by atoms with van der Waals surface area (Å²) < 4.78 is 1.56. The second-order valence-electron chi connectivity index (χ2n) is 6.55. The molecule has 1 amide bonds. The van der Waals surface area contributed by atoms with Crippen LogP contribution in [0.3, 0.4) is 0 Å². The molecule has 0 saturated carbocycles. The highest BCUT2D eigenvalue weighted by molar-refractivity contribution is 6.42. The molecular weight excluding hydrogens is 443 g/mol. The average Bonchev–Trinajstić information content (AvgIpc) is 3.19. The zero-order valence-electron chi connectivity index (χ0n) is 15.7. The van der Waals surface area contributed by atoms with Gasteiger partial charge in [-0.15, -0.1) is 5.10 Å². The predicted molar refractivity (Wildman–Crippen MR) is 121 cm³/mol. The molecule has 0 bridgehead atoms.